The van der Waals surface area contributed by atoms with Crippen LogP contribution in [0.15, 0.2) is 0 Å². The number of rotatable bonds is 5. The van der Waals surface area contributed by atoms with Gasteiger partial charge < -0.3 is 16.4 Å². The Morgan fingerprint density at radius 1 is 1.73 bits per heavy atom. The first-order chi connectivity index (χ1) is 7.13. The Balaban J connectivity index is 2.25. The first-order valence-corrected chi connectivity index (χ1v) is 5.46. The molecule has 0 aromatic rings. The SMILES string of the molecule is CCCCC(N)C(=O)NC1CNC(=O)C1. The fourth-order valence-electron chi connectivity index (χ4n) is 1.57. The number of nitrogens with one attached hydrogen (secondary N) is 2. The van der Waals surface area contributed by atoms with E-state index in [2.05, 4.69) is 17.6 Å². The molecule has 5 heteroatoms. The third-order valence-electron chi connectivity index (χ3n) is 2.53. The third kappa shape index (κ3) is 3.87. The molecule has 1 aliphatic rings. The molecule has 86 valence electrons. The van der Waals surface area contributed by atoms with Crippen LogP contribution in [0.3, 0.4) is 0 Å². The molecule has 15 heavy (non-hydrogen) atoms. The van der Waals surface area contributed by atoms with Gasteiger partial charge in [-0.15, -0.1) is 0 Å². The van der Waals surface area contributed by atoms with Gasteiger partial charge in [0.25, 0.3) is 0 Å². The van der Waals surface area contributed by atoms with Crippen molar-refractivity contribution >= 4 is 11.8 Å². The van der Waals surface area contributed by atoms with E-state index < -0.39 is 6.04 Å². The van der Waals surface area contributed by atoms with Crippen molar-refractivity contribution in [2.75, 3.05) is 6.54 Å². The van der Waals surface area contributed by atoms with Gasteiger partial charge in [0, 0.05) is 13.0 Å². The zero-order valence-electron chi connectivity index (χ0n) is 9.08. The van der Waals surface area contributed by atoms with Gasteiger partial charge in [-0.05, 0) is 6.42 Å². The van der Waals surface area contributed by atoms with Gasteiger partial charge in [0.15, 0.2) is 0 Å². The Kier molecular flexibility index (Phi) is 4.55. The summed E-state index contributed by atoms with van der Waals surface area (Å²) < 4.78 is 0. The van der Waals surface area contributed by atoms with Crippen LogP contribution in [0.4, 0.5) is 0 Å². The van der Waals surface area contributed by atoms with E-state index in [0.717, 1.165) is 12.8 Å². The van der Waals surface area contributed by atoms with E-state index in [0.29, 0.717) is 19.4 Å². The molecule has 0 saturated carbocycles. The second kappa shape index (κ2) is 5.70. The summed E-state index contributed by atoms with van der Waals surface area (Å²) in [6, 6.07) is -0.529. The highest BCUT2D eigenvalue weighted by molar-refractivity contribution is 5.84. The molecule has 0 aromatic carbocycles. The molecule has 0 bridgehead atoms. The summed E-state index contributed by atoms with van der Waals surface area (Å²) >= 11 is 0. The molecular weight excluding hydrogens is 194 g/mol. The summed E-state index contributed by atoms with van der Waals surface area (Å²) in [4.78, 5) is 22.4. The Labute approximate surface area is 89.8 Å². The molecule has 1 fully saturated rings. The lowest BCUT2D eigenvalue weighted by molar-refractivity contribution is -0.123. The molecule has 4 N–H and O–H groups in total. The molecule has 0 spiro atoms. The van der Waals surface area contributed by atoms with E-state index in [4.69, 9.17) is 5.73 Å². The van der Waals surface area contributed by atoms with Crippen LogP contribution in [-0.2, 0) is 9.59 Å². The fourth-order valence-corrected chi connectivity index (χ4v) is 1.57. The number of nitrogens with two attached hydrogens (primary N) is 1. The number of carbonyl (C=O) groups excluding carboxylic acids is 2. The molecule has 0 aromatic heterocycles. The summed E-state index contributed by atoms with van der Waals surface area (Å²) in [5.41, 5.74) is 5.70. The largest absolute Gasteiger partial charge is 0.354 e. The predicted molar refractivity (Wildman–Crippen MR) is 57.1 cm³/mol. The number of carbonyl (C=O) groups is 2. The van der Waals surface area contributed by atoms with Gasteiger partial charge in [0.1, 0.15) is 0 Å². The summed E-state index contributed by atoms with van der Waals surface area (Å²) in [6.07, 6.45) is 3.06. The van der Waals surface area contributed by atoms with Crippen LogP contribution >= 0.6 is 0 Å². The van der Waals surface area contributed by atoms with Crippen molar-refractivity contribution in [3.05, 3.63) is 0 Å². The standard InChI is InChI=1S/C10H19N3O2/c1-2-3-4-8(11)10(15)13-7-5-9(14)12-6-7/h7-8H,2-6,11H2,1H3,(H,12,14)(H,13,15). The lowest BCUT2D eigenvalue weighted by Gasteiger charge is -2.15. The van der Waals surface area contributed by atoms with E-state index >= 15 is 0 Å². The Bertz CT molecular complexity index is 243. The predicted octanol–water partition coefficient (Wildman–Crippen LogP) is -0.491. The monoisotopic (exact) mass is 213 g/mol. The Morgan fingerprint density at radius 3 is 3.00 bits per heavy atom. The van der Waals surface area contributed by atoms with Gasteiger partial charge in [-0.25, -0.2) is 0 Å². The highest BCUT2D eigenvalue weighted by Crippen LogP contribution is 2.02. The fraction of sp³-hybridized carbons (Fsp3) is 0.800. The maximum Gasteiger partial charge on any atom is 0.237 e. The van der Waals surface area contributed by atoms with Gasteiger partial charge in [0.2, 0.25) is 11.8 Å². The van der Waals surface area contributed by atoms with Crippen molar-refractivity contribution in [2.45, 2.75) is 44.7 Å². The van der Waals surface area contributed by atoms with Crippen LogP contribution in [0.25, 0.3) is 0 Å². The van der Waals surface area contributed by atoms with Crippen molar-refractivity contribution in [3.63, 3.8) is 0 Å². The molecule has 2 unspecified atom stereocenters. The Morgan fingerprint density at radius 2 is 2.47 bits per heavy atom. The normalized spacial score (nSPS) is 22.3. The first-order valence-electron chi connectivity index (χ1n) is 5.46. The minimum absolute atomic E-state index is 0.0116. The number of unbranched alkanes of at least 4 members (excludes halogenated alkanes) is 1. The summed E-state index contributed by atoms with van der Waals surface area (Å²) in [6.45, 7) is 2.58. The van der Waals surface area contributed by atoms with Gasteiger partial charge in [-0.3, -0.25) is 9.59 Å². The van der Waals surface area contributed by atoms with Gasteiger partial charge in [-0.2, -0.15) is 0 Å². The smallest absolute Gasteiger partial charge is 0.237 e. The molecule has 1 saturated heterocycles. The maximum atomic E-state index is 11.5. The van der Waals surface area contributed by atoms with Crippen molar-refractivity contribution in [1.29, 1.82) is 0 Å². The molecule has 2 amide bonds. The van der Waals surface area contributed by atoms with Crippen molar-refractivity contribution in [2.24, 2.45) is 5.73 Å². The second-order valence-electron chi connectivity index (χ2n) is 3.96. The third-order valence-corrected chi connectivity index (χ3v) is 2.53. The maximum absolute atomic E-state index is 11.5. The number of amides is 2. The minimum atomic E-state index is -0.444. The quantitative estimate of drug-likeness (QED) is 0.576. The van der Waals surface area contributed by atoms with Crippen molar-refractivity contribution in [1.82, 2.24) is 10.6 Å². The van der Waals surface area contributed by atoms with Crippen molar-refractivity contribution < 1.29 is 9.59 Å². The highest BCUT2D eigenvalue weighted by Gasteiger charge is 2.24. The lowest BCUT2D eigenvalue weighted by atomic mass is 10.1. The van der Waals surface area contributed by atoms with E-state index in [-0.39, 0.29) is 17.9 Å². The van der Waals surface area contributed by atoms with E-state index in [1.807, 2.05) is 0 Å². The summed E-state index contributed by atoms with van der Waals surface area (Å²) in [5, 5.41) is 5.43. The van der Waals surface area contributed by atoms with Crippen LogP contribution in [0.5, 0.6) is 0 Å². The van der Waals surface area contributed by atoms with Gasteiger partial charge >= 0.3 is 0 Å². The van der Waals surface area contributed by atoms with E-state index in [1.54, 1.807) is 0 Å². The van der Waals surface area contributed by atoms with Crippen LogP contribution < -0.4 is 16.4 Å². The van der Waals surface area contributed by atoms with Crippen LogP contribution in [0.2, 0.25) is 0 Å². The summed E-state index contributed by atoms with van der Waals surface area (Å²) in [5.74, 6) is -0.160. The van der Waals surface area contributed by atoms with E-state index in [9.17, 15) is 9.59 Å². The van der Waals surface area contributed by atoms with E-state index in [1.165, 1.54) is 0 Å². The van der Waals surface area contributed by atoms with Crippen molar-refractivity contribution in [3.8, 4) is 0 Å². The van der Waals surface area contributed by atoms with Crippen LogP contribution in [0, 0.1) is 0 Å². The average Bonchev–Trinajstić information content (AvgIpc) is 2.60. The molecule has 0 aliphatic carbocycles. The second-order valence-corrected chi connectivity index (χ2v) is 3.96. The Hall–Kier alpha value is -1.10. The molecule has 1 heterocycles. The summed E-state index contributed by atoms with van der Waals surface area (Å²) in [7, 11) is 0. The molecule has 1 aliphatic heterocycles. The topological polar surface area (TPSA) is 84.2 Å². The average molecular weight is 213 g/mol. The number of hydrogen-bond donors (Lipinski definition) is 3. The van der Waals surface area contributed by atoms with Crippen LogP contribution in [0.1, 0.15) is 32.6 Å². The molecule has 1 rings (SSSR count). The van der Waals surface area contributed by atoms with Crippen LogP contribution in [-0.4, -0.2) is 30.4 Å². The zero-order valence-corrected chi connectivity index (χ0v) is 9.08. The molecule has 2 atom stereocenters. The first kappa shape index (κ1) is 12.0. The number of hydrogen-bond acceptors (Lipinski definition) is 3. The van der Waals surface area contributed by atoms with Gasteiger partial charge in [0.05, 0.1) is 12.1 Å². The van der Waals surface area contributed by atoms with Gasteiger partial charge in [-0.1, -0.05) is 19.8 Å². The highest BCUT2D eigenvalue weighted by atomic mass is 16.2. The molecule has 0 radical (unpaired) electrons. The zero-order chi connectivity index (χ0) is 11.3. The lowest BCUT2D eigenvalue weighted by Crippen LogP contribution is -2.46. The molecular formula is C10H19N3O2. The molecule has 5 nitrogen and oxygen atoms in total. The minimum Gasteiger partial charge on any atom is -0.354 e.